The Bertz CT molecular complexity index is 1530. The van der Waals surface area contributed by atoms with E-state index in [1.165, 1.54) is 11.3 Å². The second-order valence-electron chi connectivity index (χ2n) is 12.0. The van der Waals surface area contributed by atoms with Crippen molar-refractivity contribution >= 4 is 68.0 Å². The van der Waals surface area contributed by atoms with Crippen LogP contribution in [-0.4, -0.2) is 70.7 Å². The molecule has 3 aromatic rings. The van der Waals surface area contributed by atoms with Gasteiger partial charge in [0.2, 0.25) is 5.85 Å². The Morgan fingerprint density at radius 3 is 2.20 bits per heavy atom. The Labute approximate surface area is 271 Å². The molecule has 1 amide bonds. The molecule has 6 rings (SSSR count). The maximum atomic E-state index is 14.6. The standard InChI is InChI=1S/C33H37Cl2N3O5S/c34-26-19-28(36-31(40)25-20-44-29-8-2-1-7-24(25)29)27(35)17-22(26)18-30(39)33(37-13-3-4-14-37,38-15-5-6-16-38)43-23-11-9-21(10-12-23)32(41)42/h1-2,7-8,17,19-21,23H,3-6,9-16,18H2,(H,36,40)(H,41,42)/t21-,23-. The Hall–Kier alpha value is -2.53. The van der Waals surface area contributed by atoms with Gasteiger partial charge in [-0.05, 0) is 75.1 Å². The van der Waals surface area contributed by atoms with Gasteiger partial charge in [0.15, 0.2) is 5.78 Å². The lowest BCUT2D eigenvalue weighted by atomic mass is 9.87. The molecule has 2 aliphatic heterocycles. The number of carbonyl (C=O) groups excluding carboxylic acids is 2. The minimum atomic E-state index is -1.24. The molecule has 3 fully saturated rings. The molecule has 2 aromatic carbocycles. The third-order valence-electron chi connectivity index (χ3n) is 9.25. The number of ketones is 1. The van der Waals surface area contributed by atoms with Crippen LogP contribution in [0.25, 0.3) is 10.1 Å². The van der Waals surface area contributed by atoms with Crippen molar-refractivity contribution in [1.82, 2.24) is 9.80 Å². The zero-order chi connectivity index (χ0) is 30.8. The van der Waals surface area contributed by atoms with E-state index in [0.29, 0.717) is 52.5 Å². The van der Waals surface area contributed by atoms with Gasteiger partial charge >= 0.3 is 5.97 Å². The van der Waals surface area contributed by atoms with Crippen LogP contribution in [0.15, 0.2) is 41.8 Å². The number of aliphatic carboxylic acids is 1. The van der Waals surface area contributed by atoms with E-state index >= 15 is 0 Å². The van der Waals surface area contributed by atoms with Crippen molar-refractivity contribution < 1.29 is 24.2 Å². The summed E-state index contributed by atoms with van der Waals surface area (Å²) in [6.07, 6.45) is 6.04. The molecule has 1 aliphatic carbocycles. The number of thiophene rings is 1. The first-order valence-corrected chi connectivity index (χ1v) is 17.1. The summed E-state index contributed by atoms with van der Waals surface area (Å²) in [5.41, 5.74) is 1.51. The number of nitrogens with one attached hydrogen (secondary N) is 1. The van der Waals surface area contributed by atoms with Crippen LogP contribution in [0.1, 0.15) is 67.3 Å². The van der Waals surface area contributed by atoms with E-state index in [0.717, 1.165) is 61.9 Å². The third-order valence-corrected chi connectivity index (χ3v) is 10.9. The third kappa shape index (κ3) is 6.28. The predicted molar refractivity (Wildman–Crippen MR) is 174 cm³/mol. The summed E-state index contributed by atoms with van der Waals surface area (Å²) in [6, 6.07) is 11.0. The quantitative estimate of drug-likeness (QED) is 0.240. The van der Waals surface area contributed by atoms with Crippen molar-refractivity contribution in [3.63, 3.8) is 0 Å². The maximum absolute atomic E-state index is 14.6. The number of carboxylic acid groups (broad SMARTS) is 1. The second-order valence-corrected chi connectivity index (χ2v) is 13.8. The number of carbonyl (C=O) groups is 3. The van der Waals surface area contributed by atoms with Crippen LogP contribution >= 0.6 is 34.5 Å². The van der Waals surface area contributed by atoms with Crippen LogP contribution in [0.4, 0.5) is 5.69 Å². The fraction of sp³-hybridized carbons (Fsp3) is 0.485. The van der Waals surface area contributed by atoms with Crippen molar-refractivity contribution in [3.8, 4) is 0 Å². The van der Waals surface area contributed by atoms with Gasteiger partial charge < -0.3 is 15.2 Å². The van der Waals surface area contributed by atoms with Gasteiger partial charge in [0.05, 0.1) is 28.3 Å². The average Bonchev–Trinajstić information content (AvgIpc) is 3.81. The van der Waals surface area contributed by atoms with Gasteiger partial charge in [-0.15, -0.1) is 11.3 Å². The smallest absolute Gasteiger partial charge is 0.306 e. The Morgan fingerprint density at radius 2 is 1.57 bits per heavy atom. The molecule has 234 valence electrons. The minimum absolute atomic E-state index is 0.0133. The number of carboxylic acids is 1. The topological polar surface area (TPSA) is 99.2 Å². The number of benzene rings is 2. The first-order chi connectivity index (χ1) is 21.3. The summed E-state index contributed by atoms with van der Waals surface area (Å²) >= 11 is 15.0. The van der Waals surface area contributed by atoms with Crippen LogP contribution in [0.5, 0.6) is 0 Å². The van der Waals surface area contributed by atoms with Crippen LogP contribution in [-0.2, 0) is 20.7 Å². The molecular formula is C33H37Cl2N3O5S. The highest BCUT2D eigenvalue weighted by Gasteiger charge is 2.53. The zero-order valence-corrected chi connectivity index (χ0v) is 26.9. The van der Waals surface area contributed by atoms with Crippen LogP contribution in [0.3, 0.4) is 0 Å². The Kier molecular flexibility index (Phi) is 9.61. The van der Waals surface area contributed by atoms with E-state index in [1.54, 1.807) is 12.1 Å². The minimum Gasteiger partial charge on any atom is -0.481 e. The van der Waals surface area contributed by atoms with E-state index in [1.807, 2.05) is 29.6 Å². The van der Waals surface area contributed by atoms with E-state index in [9.17, 15) is 19.5 Å². The number of rotatable bonds is 10. The van der Waals surface area contributed by atoms with Crippen LogP contribution in [0, 0.1) is 5.92 Å². The molecular weight excluding hydrogens is 621 g/mol. The van der Waals surface area contributed by atoms with Crippen molar-refractivity contribution in [2.24, 2.45) is 5.92 Å². The van der Waals surface area contributed by atoms with E-state index in [-0.39, 0.29) is 30.1 Å². The SMILES string of the molecule is O=C(Nc1cc(Cl)c(CC(=O)C(O[C@H]2CC[C@H](C(=O)O)CC2)(N2CCCC2)N2CCCC2)cc1Cl)c1csc2ccccc12. The van der Waals surface area contributed by atoms with Gasteiger partial charge in [-0.3, -0.25) is 24.2 Å². The van der Waals surface area contributed by atoms with Crippen molar-refractivity contribution in [2.45, 2.75) is 69.7 Å². The molecule has 3 aliphatic rings. The first-order valence-electron chi connectivity index (χ1n) is 15.5. The number of halogens is 2. The number of ether oxygens (including phenoxy) is 1. The van der Waals surface area contributed by atoms with E-state index in [4.69, 9.17) is 27.9 Å². The highest BCUT2D eigenvalue weighted by atomic mass is 35.5. The Morgan fingerprint density at radius 1 is 0.932 bits per heavy atom. The zero-order valence-electron chi connectivity index (χ0n) is 24.5. The van der Waals surface area contributed by atoms with Gasteiger partial charge in [0.25, 0.3) is 5.91 Å². The number of amides is 1. The highest BCUT2D eigenvalue weighted by Crippen LogP contribution is 2.39. The number of likely N-dealkylation sites (tertiary alicyclic amines) is 2. The fourth-order valence-corrected chi connectivity index (χ4v) is 8.32. The molecule has 1 saturated carbocycles. The van der Waals surface area contributed by atoms with Crippen LogP contribution in [0.2, 0.25) is 10.0 Å². The van der Waals surface area contributed by atoms with E-state index < -0.39 is 11.8 Å². The molecule has 1 aromatic heterocycles. The number of anilines is 1. The largest absolute Gasteiger partial charge is 0.481 e. The summed E-state index contributed by atoms with van der Waals surface area (Å²) in [5, 5.41) is 15.7. The van der Waals surface area contributed by atoms with Crippen molar-refractivity contribution in [3.05, 3.63) is 63.0 Å². The molecule has 2 saturated heterocycles. The van der Waals surface area contributed by atoms with Crippen molar-refractivity contribution in [2.75, 3.05) is 31.5 Å². The highest BCUT2D eigenvalue weighted by molar-refractivity contribution is 7.17. The van der Waals surface area contributed by atoms with Gasteiger partial charge in [0, 0.05) is 53.1 Å². The van der Waals surface area contributed by atoms with Crippen molar-refractivity contribution in [1.29, 1.82) is 0 Å². The van der Waals surface area contributed by atoms with Gasteiger partial charge in [-0.2, -0.15) is 0 Å². The lowest BCUT2D eigenvalue weighted by molar-refractivity contribution is -0.252. The first kappa shape index (κ1) is 31.5. The normalized spacial score (nSPS) is 21.6. The van der Waals surface area contributed by atoms with Gasteiger partial charge in [0.1, 0.15) is 0 Å². The molecule has 3 heterocycles. The lowest BCUT2D eigenvalue weighted by Crippen LogP contribution is -2.67. The summed E-state index contributed by atoms with van der Waals surface area (Å²) in [5.74, 6) is -2.74. The maximum Gasteiger partial charge on any atom is 0.306 e. The van der Waals surface area contributed by atoms with Crippen LogP contribution < -0.4 is 5.32 Å². The molecule has 0 radical (unpaired) electrons. The average molecular weight is 659 g/mol. The monoisotopic (exact) mass is 657 g/mol. The molecule has 11 heteroatoms. The molecule has 44 heavy (non-hydrogen) atoms. The fourth-order valence-electron chi connectivity index (χ4n) is 6.92. The van der Waals surface area contributed by atoms with Gasteiger partial charge in [-0.25, -0.2) is 0 Å². The number of nitrogens with zero attached hydrogens (tertiary/aromatic N) is 2. The predicted octanol–water partition coefficient (Wildman–Crippen LogP) is 7.08. The number of hydrogen-bond donors (Lipinski definition) is 2. The number of hydrogen-bond acceptors (Lipinski definition) is 7. The van der Waals surface area contributed by atoms with E-state index in [2.05, 4.69) is 15.1 Å². The summed E-state index contributed by atoms with van der Waals surface area (Å²) < 4.78 is 7.93. The molecule has 2 N–H and O–H groups in total. The number of fused-ring (bicyclic) bond motifs is 1. The second kappa shape index (κ2) is 13.4. The lowest BCUT2D eigenvalue weighted by Gasteiger charge is -2.48. The molecule has 0 atom stereocenters. The summed E-state index contributed by atoms with van der Waals surface area (Å²) in [6.45, 7) is 3.01. The van der Waals surface area contributed by atoms with Gasteiger partial charge in [-0.1, -0.05) is 41.4 Å². The number of Topliss-reactive ketones (excluding diaryl/α,β-unsaturated/α-hetero) is 1. The molecule has 0 bridgehead atoms. The summed E-state index contributed by atoms with van der Waals surface area (Å²) in [7, 11) is 0. The summed E-state index contributed by atoms with van der Waals surface area (Å²) in [4.78, 5) is 43.7. The Balaban J connectivity index is 1.25. The molecule has 0 spiro atoms. The molecule has 8 nitrogen and oxygen atoms in total. The molecule has 0 unspecified atom stereocenters.